The Hall–Kier alpha value is -4.23. The maximum atomic E-state index is 13.2. The van der Waals surface area contributed by atoms with Crippen molar-refractivity contribution in [1.29, 1.82) is 0 Å². The van der Waals surface area contributed by atoms with Gasteiger partial charge in [0.15, 0.2) is 0 Å². The van der Waals surface area contributed by atoms with Crippen molar-refractivity contribution in [1.82, 2.24) is 19.7 Å². The highest BCUT2D eigenvalue weighted by atomic mass is 32.2. The summed E-state index contributed by atoms with van der Waals surface area (Å²) in [6.45, 7) is 4.85. The molecule has 0 aliphatic carbocycles. The minimum Gasteiger partial charge on any atom is -0.445 e. The highest BCUT2D eigenvalue weighted by molar-refractivity contribution is 7.88. The lowest BCUT2D eigenvalue weighted by molar-refractivity contribution is -0.118. The Bertz CT molecular complexity index is 1440. The van der Waals surface area contributed by atoms with Gasteiger partial charge >= 0.3 is 22.4 Å². The Kier molecular flexibility index (Phi) is 11.0. The van der Waals surface area contributed by atoms with Crippen LogP contribution in [-0.2, 0) is 31.1 Å². The summed E-state index contributed by atoms with van der Waals surface area (Å²) in [6, 6.07) is 17.2. The van der Waals surface area contributed by atoms with Crippen LogP contribution >= 0.6 is 0 Å². The summed E-state index contributed by atoms with van der Waals surface area (Å²) in [5.41, 5.74) is 1.02. The van der Waals surface area contributed by atoms with Gasteiger partial charge in [-0.1, -0.05) is 48.5 Å². The molecule has 220 valence electrons. The maximum Gasteiger partial charge on any atom is 0.422 e. The van der Waals surface area contributed by atoms with Crippen molar-refractivity contribution in [2.24, 2.45) is 0 Å². The van der Waals surface area contributed by atoms with Crippen molar-refractivity contribution < 1.29 is 32.3 Å². The van der Waals surface area contributed by atoms with Crippen LogP contribution in [0.1, 0.15) is 45.6 Å². The van der Waals surface area contributed by atoms with Crippen LogP contribution in [0.3, 0.4) is 0 Å². The molecule has 0 bridgehead atoms. The number of alkyl carbamates (subject to hydrolysis) is 1. The molecule has 1 heterocycles. The molecular weight excluding hydrogens is 550 g/mol. The molecule has 0 aliphatic rings. The number of benzene rings is 2. The topological polar surface area (TPSA) is 165 Å². The molecule has 1 aromatic heterocycles. The second-order valence-electron chi connectivity index (χ2n) is 10.1. The van der Waals surface area contributed by atoms with Crippen LogP contribution in [0.25, 0.3) is 10.9 Å². The van der Waals surface area contributed by atoms with E-state index in [1.807, 2.05) is 42.5 Å². The van der Waals surface area contributed by atoms with E-state index in [2.05, 4.69) is 20.3 Å². The van der Waals surface area contributed by atoms with Crippen LogP contribution in [0.5, 0.6) is 0 Å². The third-order valence-electron chi connectivity index (χ3n) is 5.54. The first kappa shape index (κ1) is 31.3. The van der Waals surface area contributed by atoms with Gasteiger partial charge in [0.2, 0.25) is 5.91 Å². The van der Waals surface area contributed by atoms with Gasteiger partial charge in [-0.15, -0.1) is 0 Å². The van der Waals surface area contributed by atoms with Crippen LogP contribution in [0.15, 0.2) is 66.9 Å². The van der Waals surface area contributed by atoms with Gasteiger partial charge in [0.1, 0.15) is 18.2 Å². The van der Waals surface area contributed by atoms with Crippen LogP contribution in [0, 0.1) is 0 Å². The van der Waals surface area contributed by atoms with Crippen LogP contribution < -0.4 is 20.1 Å². The molecule has 3 amide bonds. The van der Waals surface area contributed by atoms with Gasteiger partial charge < -0.3 is 20.1 Å². The second-order valence-corrected chi connectivity index (χ2v) is 11.6. The standard InChI is InChI=1S/C28H35N5O7S/c1-28(2,3)40-27(36)33-41(37,38)30-18-8-7-15-23(32-26(35)39-19-20-11-5-4-6-12-20)25(34)31-22-16-9-13-21-14-10-17-29-24(21)22/h4-6,9-14,16-17,23,30H,7-8,15,18-19H2,1-3H3,(H,31,34)(H,32,35)(H,33,36). The summed E-state index contributed by atoms with van der Waals surface area (Å²) in [6.07, 6.45) is 0.615. The van der Waals surface area contributed by atoms with E-state index in [1.165, 1.54) is 0 Å². The first-order valence-corrected chi connectivity index (χ1v) is 14.5. The van der Waals surface area contributed by atoms with E-state index < -0.39 is 39.9 Å². The number of carbonyl (C=O) groups is 3. The smallest absolute Gasteiger partial charge is 0.422 e. The van der Waals surface area contributed by atoms with E-state index in [9.17, 15) is 22.8 Å². The van der Waals surface area contributed by atoms with E-state index in [1.54, 1.807) is 49.9 Å². The molecule has 0 fully saturated rings. The van der Waals surface area contributed by atoms with E-state index in [4.69, 9.17) is 9.47 Å². The fourth-order valence-electron chi connectivity index (χ4n) is 3.73. The van der Waals surface area contributed by atoms with Crippen LogP contribution in [0.4, 0.5) is 15.3 Å². The van der Waals surface area contributed by atoms with Gasteiger partial charge in [-0.05, 0) is 57.7 Å². The van der Waals surface area contributed by atoms with Crippen molar-refractivity contribution in [2.45, 2.75) is 58.3 Å². The number of anilines is 1. The van der Waals surface area contributed by atoms with E-state index in [-0.39, 0.29) is 19.6 Å². The molecule has 41 heavy (non-hydrogen) atoms. The van der Waals surface area contributed by atoms with Gasteiger partial charge in [-0.25, -0.2) is 14.3 Å². The zero-order valence-electron chi connectivity index (χ0n) is 23.2. The molecule has 0 radical (unpaired) electrons. The Morgan fingerprint density at radius 1 is 0.927 bits per heavy atom. The SMILES string of the molecule is CC(C)(C)OC(=O)NS(=O)(=O)NCCCCC(NC(=O)OCc1ccccc1)C(=O)Nc1cccc2cccnc12. The number of para-hydroxylation sites is 1. The molecule has 13 heteroatoms. The lowest BCUT2D eigenvalue weighted by Gasteiger charge is -2.20. The number of amides is 3. The van der Waals surface area contributed by atoms with E-state index in [0.29, 0.717) is 24.0 Å². The molecule has 2 aromatic carbocycles. The average Bonchev–Trinajstić information content (AvgIpc) is 2.90. The minimum absolute atomic E-state index is 0.0157. The van der Waals surface area contributed by atoms with Gasteiger partial charge in [-0.3, -0.25) is 9.78 Å². The average molecular weight is 586 g/mol. The van der Waals surface area contributed by atoms with Gasteiger partial charge in [0.25, 0.3) is 0 Å². The Labute approximate surface area is 239 Å². The van der Waals surface area contributed by atoms with Gasteiger partial charge in [-0.2, -0.15) is 13.1 Å². The summed E-state index contributed by atoms with van der Waals surface area (Å²) in [4.78, 5) is 41.9. The quantitative estimate of drug-likeness (QED) is 0.232. The Morgan fingerprint density at radius 3 is 2.39 bits per heavy atom. The van der Waals surface area contributed by atoms with Crippen molar-refractivity contribution in [3.63, 3.8) is 0 Å². The predicted octanol–water partition coefficient (Wildman–Crippen LogP) is 4.00. The van der Waals surface area contributed by atoms with E-state index >= 15 is 0 Å². The first-order valence-electron chi connectivity index (χ1n) is 13.0. The molecule has 0 saturated heterocycles. The summed E-state index contributed by atoms with van der Waals surface area (Å²) < 4.78 is 38.5. The molecule has 1 unspecified atom stereocenters. The summed E-state index contributed by atoms with van der Waals surface area (Å²) >= 11 is 0. The number of carbonyl (C=O) groups excluding carboxylic acids is 3. The number of nitrogens with zero attached hydrogens (tertiary/aromatic N) is 1. The number of aromatic nitrogens is 1. The van der Waals surface area contributed by atoms with Crippen molar-refractivity contribution in [3.8, 4) is 0 Å². The molecule has 3 rings (SSSR count). The maximum absolute atomic E-state index is 13.2. The highest BCUT2D eigenvalue weighted by Gasteiger charge is 2.23. The Morgan fingerprint density at radius 2 is 1.66 bits per heavy atom. The number of hydrogen-bond donors (Lipinski definition) is 4. The highest BCUT2D eigenvalue weighted by Crippen LogP contribution is 2.21. The number of hydrogen-bond acceptors (Lipinski definition) is 8. The van der Waals surface area contributed by atoms with Gasteiger partial charge in [0, 0.05) is 18.1 Å². The second kappa shape index (κ2) is 14.4. The Balaban J connectivity index is 1.58. The summed E-state index contributed by atoms with van der Waals surface area (Å²) in [7, 11) is -4.13. The zero-order chi connectivity index (χ0) is 29.9. The lowest BCUT2D eigenvalue weighted by atomic mass is 10.1. The number of pyridine rings is 1. The number of rotatable bonds is 12. The molecule has 12 nitrogen and oxygen atoms in total. The van der Waals surface area contributed by atoms with Crippen molar-refractivity contribution >= 4 is 44.9 Å². The monoisotopic (exact) mass is 585 g/mol. The molecule has 1 atom stereocenters. The lowest BCUT2D eigenvalue weighted by Crippen LogP contribution is -2.44. The largest absolute Gasteiger partial charge is 0.445 e. The van der Waals surface area contributed by atoms with Crippen LogP contribution in [-0.4, -0.2) is 49.7 Å². The summed E-state index contributed by atoms with van der Waals surface area (Å²) in [5.74, 6) is -0.480. The third-order valence-corrected chi connectivity index (χ3v) is 6.56. The first-order chi connectivity index (χ1) is 19.4. The number of nitrogens with one attached hydrogen (secondary N) is 4. The molecular formula is C28H35N5O7S. The third kappa shape index (κ3) is 11.0. The van der Waals surface area contributed by atoms with Crippen molar-refractivity contribution in [2.75, 3.05) is 11.9 Å². The van der Waals surface area contributed by atoms with Crippen LogP contribution in [0.2, 0.25) is 0 Å². The molecule has 0 saturated carbocycles. The normalized spacial score (nSPS) is 12.3. The van der Waals surface area contributed by atoms with Crippen molar-refractivity contribution in [3.05, 3.63) is 72.4 Å². The minimum atomic E-state index is -4.13. The fraction of sp³-hybridized carbons (Fsp3) is 0.357. The van der Waals surface area contributed by atoms with E-state index in [0.717, 1.165) is 10.9 Å². The number of fused-ring (bicyclic) bond motifs is 1. The summed E-state index contributed by atoms with van der Waals surface area (Å²) in [5, 5.41) is 6.27. The number of unbranched alkanes of at least 4 members (excludes halogenated alkanes) is 1. The molecule has 0 aliphatic heterocycles. The molecule has 0 spiro atoms. The number of ether oxygens (including phenoxy) is 2. The fourth-order valence-corrected chi connectivity index (χ4v) is 4.47. The zero-order valence-corrected chi connectivity index (χ0v) is 24.0. The molecule has 4 N–H and O–H groups in total. The predicted molar refractivity (Wildman–Crippen MR) is 154 cm³/mol. The molecule has 3 aromatic rings. The van der Waals surface area contributed by atoms with Gasteiger partial charge in [0.05, 0.1) is 11.2 Å².